The van der Waals surface area contributed by atoms with E-state index in [-0.39, 0.29) is 6.61 Å². The van der Waals surface area contributed by atoms with Gasteiger partial charge in [0.25, 0.3) is 5.91 Å². The predicted molar refractivity (Wildman–Crippen MR) is 84.6 cm³/mol. The first kappa shape index (κ1) is 15.8. The monoisotopic (exact) mass is 301 g/mol. The van der Waals surface area contributed by atoms with Crippen molar-refractivity contribution in [2.75, 3.05) is 11.9 Å². The van der Waals surface area contributed by atoms with Crippen LogP contribution in [0.3, 0.4) is 0 Å². The third kappa shape index (κ3) is 4.73. The van der Waals surface area contributed by atoms with Crippen molar-refractivity contribution in [3.8, 4) is 0 Å². The molecule has 0 fully saturated rings. The summed E-state index contributed by atoms with van der Waals surface area (Å²) in [6.45, 7) is 5.16. The molecule has 0 aliphatic rings. The van der Waals surface area contributed by atoms with Crippen LogP contribution in [0.25, 0.3) is 10.8 Å². The predicted octanol–water partition coefficient (Wildman–Crippen LogP) is 2.70. The van der Waals surface area contributed by atoms with Crippen molar-refractivity contribution in [3.05, 3.63) is 36.7 Å². The van der Waals surface area contributed by atoms with E-state index in [1.807, 2.05) is 39.0 Å². The standard InChI is InChI=1S/C16H19N3O3/c1-16(2,3)19-15(21)22-10-14(20)18-13-5-4-12-9-17-7-6-11(12)8-13/h4-9H,10H2,1-3H3,(H,18,20)(H,19,21). The van der Waals surface area contributed by atoms with Gasteiger partial charge in [-0.05, 0) is 44.4 Å². The number of carbonyl (C=O) groups is 2. The molecule has 0 saturated carbocycles. The van der Waals surface area contributed by atoms with Crippen molar-refractivity contribution < 1.29 is 14.3 Å². The number of fused-ring (bicyclic) bond motifs is 1. The third-order valence-corrected chi connectivity index (χ3v) is 2.74. The van der Waals surface area contributed by atoms with E-state index in [1.54, 1.807) is 18.5 Å². The van der Waals surface area contributed by atoms with Gasteiger partial charge in [0.05, 0.1) is 0 Å². The molecule has 2 N–H and O–H groups in total. The Kier molecular flexibility index (Phi) is 4.60. The Morgan fingerprint density at radius 1 is 1.18 bits per heavy atom. The van der Waals surface area contributed by atoms with E-state index in [4.69, 9.17) is 4.74 Å². The number of anilines is 1. The number of rotatable bonds is 3. The Morgan fingerprint density at radius 3 is 2.68 bits per heavy atom. The number of hydrogen-bond donors (Lipinski definition) is 2. The number of hydrogen-bond acceptors (Lipinski definition) is 4. The molecule has 0 atom stereocenters. The van der Waals surface area contributed by atoms with Gasteiger partial charge in [-0.1, -0.05) is 6.07 Å². The Hall–Kier alpha value is -2.63. The van der Waals surface area contributed by atoms with Crippen LogP contribution in [0.2, 0.25) is 0 Å². The topological polar surface area (TPSA) is 80.3 Å². The molecule has 6 nitrogen and oxygen atoms in total. The van der Waals surface area contributed by atoms with Crippen molar-refractivity contribution in [2.24, 2.45) is 0 Å². The molecule has 0 aliphatic heterocycles. The zero-order chi connectivity index (χ0) is 16.2. The van der Waals surface area contributed by atoms with Crippen molar-refractivity contribution in [1.82, 2.24) is 10.3 Å². The number of amides is 2. The van der Waals surface area contributed by atoms with E-state index in [0.29, 0.717) is 5.69 Å². The number of carbonyl (C=O) groups excluding carboxylic acids is 2. The van der Waals surface area contributed by atoms with Crippen LogP contribution in [-0.4, -0.2) is 29.1 Å². The number of aromatic nitrogens is 1. The molecule has 2 aromatic rings. The van der Waals surface area contributed by atoms with Crippen molar-refractivity contribution in [1.29, 1.82) is 0 Å². The summed E-state index contributed by atoms with van der Waals surface area (Å²) in [6, 6.07) is 7.34. The second-order valence-electron chi connectivity index (χ2n) is 5.94. The number of alkyl carbamates (subject to hydrolysis) is 1. The molecule has 22 heavy (non-hydrogen) atoms. The second-order valence-corrected chi connectivity index (χ2v) is 5.94. The maximum atomic E-state index is 11.8. The number of pyridine rings is 1. The minimum atomic E-state index is -0.618. The summed E-state index contributed by atoms with van der Waals surface area (Å²) in [7, 11) is 0. The molecule has 1 aromatic heterocycles. The van der Waals surface area contributed by atoms with E-state index in [1.165, 1.54) is 0 Å². The average molecular weight is 301 g/mol. The minimum Gasteiger partial charge on any atom is -0.439 e. The summed E-state index contributed by atoms with van der Waals surface area (Å²) in [5.41, 5.74) is 0.239. The highest BCUT2D eigenvalue weighted by atomic mass is 16.6. The van der Waals surface area contributed by atoms with Crippen LogP contribution < -0.4 is 10.6 Å². The van der Waals surface area contributed by atoms with Crippen LogP contribution >= 0.6 is 0 Å². The minimum absolute atomic E-state index is 0.337. The van der Waals surface area contributed by atoms with Crippen LogP contribution in [0.5, 0.6) is 0 Å². The molecule has 1 aromatic carbocycles. The normalized spacial score (nSPS) is 11.0. The zero-order valence-electron chi connectivity index (χ0n) is 12.8. The first-order chi connectivity index (χ1) is 10.3. The van der Waals surface area contributed by atoms with Gasteiger partial charge in [0.2, 0.25) is 0 Å². The Bertz CT molecular complexity index is 692. The van der Waals surface area contributed by atoms with Gasteiger partial charge in [-0.15, -0.1) is 0 Å². The molecule has 6 heteroatoms. The highest BCUT2D eigenvalue weighted by Gasteiger charge is 2.15. The van der Waals surface area contributed by atoms with E-state index < -0.39 is 17.5 Å². The summed E-state index contributed by atoms with van der Waals surface area (Å²) in [6.07, 6.45) is 2.82. The summed E-state index contributed by atoms with van der Waals surface area (Å²) < 4.78 is 4.87. The van der Waals surface area contributed by atoms with Crippen LogP contribution in [-0.2, 0) is 9.53 Å². The molecular formula is C16H19N3O3. The summed E-state index contributed by atoms with van der Waals surface area (Å²) in [5.74, 6) is -0.391. The fourth-order valence-corrected chi connectivity index (χ4v) is 1.83. The lowest BCUT2D eigenvalue weighted by molar-refractivity contribution is -0.119. The third-order valence-electron chi connectivity index (χ3n) is 2.74. The van der Waals surface area contributed by atoms with Crippen molar-refractivity contribution in [2.45, 2.75) is 26.3 Å². The molecule has 0 radical (unpaired) electrons. The molecule has 2 amide bonds. The first-order valence-electron chi connectivity index (χ1n) is 6.92. The maximum absolute atomic E-state index is 11.8. The van der Waals surface area contributed by atoms with Crippen LogP contribution in [0, 0.1) is 0 Å². The van der Waals surface area contributed by atoms with Gasteiger partial charge in [-0.3, -0.25) is 9.78 Å². The van der Waals surface area contributed by atoms with Gasteiger partial charge in [0.15, 0.2) is 6.61 Å². The summed E-state index contributed by atoms with van der Waals surface area (Å²) in [4.78, 5) is 27.3. The summed E-state index contributed by atoms with van der Waals surface area (Å²) in [5, 5.41) is 7.26. The van der Waals surface area contributed by atoms with Gasteiger partial charge in [-0.2, -0.15) is 0 Å². The van der Waals surface area contributed by atoms with Crippen molar-refractivity contribution >= 4 is 28.5 Å². The van der Waals surface area contributed by atoms with Crippen LogP contribution in [0.4, 0.5) is 10.5 Å². The molecule has 0 saturated heterocycles. The Morgan fingerprint density at radius 2 is 1.95 bits per heavy atom. The van der Waals surface area contributed by atoms with E-state index in [9.17, 15) is 9.59 Å². The largest absolute Gasteiger partial charge is 0.439 e. The number of nitrogens with zero attached hydrogens (tertiary/aromatic N) is 1. The van der Waals surface area contributed by atoms with Gasteiger partial charge >= 0.3 is 6.09 Å². The highest BCUT2D eigenvalue weighted by Crippen LogP contribution is 2.17. The van der Waals surface area contributed by atoms with Gasteiger partial charge in [0.1, 0.15) is 0 Å². The number of ether oxygens (including phenoxy) is 1. The fourth-order valence-electron chi connectivity index (χ4n) is 1.83. The number of benzene rings is 1. The molecule has 0 aliphatic carbocycles. The Labute approximate surface area is 128 Å². The lowest BCUT2D eigenvalue weighted by Gasteiger charge is -2.19. The van der Waals surface area contributed by atoms with E-state index >= 15 is 0 Å². The molecule has 116 valence electrons. The quantitative estimate of drug-likeness (QED) is 0.913. The molecule has 0 bridgehead atoms. The van der Waals surface area contributed by atoms with Gasteiger partial charge in [-0.25, -0.2) is 4.79 Å². The second kappa shape index (κ2) is 6.43. The smallest absolute Gasteiger partial charge is 0.408 e. The zero-order valence-corrected chi connectivity index (χ0v) is 12.8. The van der Waals surface area contributed by atoms with Gasteiger partial charge < -0.3 is 15.4 Å². The SMILES string of the molecule is CC(C)(C)NC(=O)OCC(=O)Nc1ccc2cnccc2c1. The van der Waals surface area contributed by atoms with Crippen LogP contribution in [0.15, 0.2) is 36.7 Å². The molecular weight excluding hydrogens is 282 g/mol. The molecule has 2 rings (SSSR count). The maximum Gasteiger partial charge on any atom is 0.408 e. The number of nitrogens with one attached hydrogen (secondary N) is 2. The molecule has 1 heterocycles. The van der Waals surface area contributed by atoms with E-state index in [0.717, 1.165) is 10.8 Å². The summed E-state index contributed by atoms with van der Waals surface area (Å²) >= 11 is 0. The molecule has 0 spiro atoms. The lowest BCUT2D eigenvalue weighted by Crippen LogP contribution is -2.41. The first-order valence-corrected chi connectivity index (χ1v) is 6.92. The molecule has 0 unspecified atom stereocenters. The highest BCUT2D eigenvalue weighted by molar-refractivity contribution is 5.95. The average Bonchev–Trinajstić information content (AvgIpc) is 2.43. The van der Waals surface area contributed by atoms with Crippen molar-refractivity contribution in [3.63, 3.8) is 0 Å². The van der Waals surface area contributed by atoms with Crippen LogP contribution in [0.1, 0.15) is 20.8 Å². The van der Waals surface area contributed by atoms with Gasteiger partial charge in [0, 0.05) is 29.0 Å². The fraction of sp³-hybridized carbons (Fsp3) is 0.312. The Balaban J connectivity index is 1.89. The van der Waals surface area contributed by atoms with E-state index in [2.05, 4.69) is 15.6 Å². The lowest BCUT2D eigenvalue weighted by atomic mass is 10.1.